The van der Waals surface area contributed by atoms with Gasteiger partial charge in [0.1, 0.15) is 0 Å². The van der Waals surface area contributed by atoms with Gasteiger partial charge in [-0.15, -0.1) is 0 Å². The normalized spacial score (nSPS) is 12.1. The summed E-state index contributed by atoms with van der Waals surface area (Å²) >= 11 is 0. The van der Waals surface area contributed by atoms with E-state index in [-0.39, 0.29) is 5.97 Å². The maximum atomic E-state index is 11.1. The highest BCUT2D eigenvalue weighted by molar-refractivity contribution is 5.69. The van der Waals surface area contributed by atoms with Crippen molar-refractivity contribution in [2.75, 3.05) is 6.61 Å². The van der Waals surface area contributed by atoms with E-state index in [1.807, 2.05) is 13.0 Å². The lowest BCUT2D eigenvalue weighted by Crippen LogP contribution is -2.06. The van der Waals surface area contributed by atoms with Crippen molar-refractivity contribution in [3.05, 3.63) is 35.9 Å². The number of esters is 1. The molecule has 1 aromatic carbocycles. The van der Waals surface area contributed by atoms with Gasteiger partial charge in [0.25, 0.3) is 0 Å². The minimum atomic E-state index is -0.0696. The third-order valence-electron chi connectivity index (χ3n) is 2.87. The van der Waals surface area contributed by atoms with Gasteiger partial charge in [0.05, 0.1) is 6.61 Å². The predicted octanol–water partition coefficient (Wildman–Crippen LogP) is 3.91. The lowest BCUT2D eigenvalue weighted by Gasteiger charge is -2.11. The Kier molecular flexibility index (Phi) is 6.38. The van der Waals surface area contributed by atoms with Crippen LogP contribution in [0.2, 0.25) is 0 Å². The van der Waals surface area contributed by atoms with Crippen LogP contribution < -0.4 is 0 Å². The van der Waals surface area contributed by atoms with Crippen LogP contribution in [-0.4, -0.2) is 12.6 Å². The second-order valence-electron chi connectivity index (χ2n) is 4.42. The Morgan fingerprint density at radius 1 is 1.29 bits per heavy atom. The Morgan fingerprint density at radius 3 is 2.65 bits per heavy atom. The monoisotopic (exact) mass is 234 g/mol. The molecule has 0 aliphatic rings. The fourth-order valence-corrected chi connectivity index (χ4v) is 1.80. The lowest BCUT2D eigenvalue weighted by molar-refractivity contribution is -0.143. The Morgan fingerprint density at radius 2 is 2.00 bits per heavy atom. The summed E-state index contributed by atoms with van der Waals surface area (Å²) in [5.74, 6) is 0.459. The summed E-state index contributed by atoms with van der Waals surface area (Å²) in [7, 11) is 0. The van der Waals surface area contributed by atoms with E-state index in [0.717, 1.165) is 19.3 Å². The highest BCUT2D eigenvalue weighted by atomic mass is 16.5. The SMILES string of the molecule is CCCC(=O)OCCCC(C)c1ccccc1. The summed E-state index contributed by atoms with van der Waals surface area (Å²) in [5.41, 5.74) is 1.35. The number of hydrogen-bond acceptors (Lipinski definition) is 2. The molecule has 1 rings (SSSR count). The van der Waals surface area contributed by atoms with Crippen molar-refractivity contribution in [3.63, 3.8) is 0 Å². The molecule has 0 aliphatic carbocycles. The van der Waals surface area contributed by atoms with Gasteiger partial charge in [0.2, 0.25) is 0 Å². The molecule has 2 heteroatoms. The standard InChI is InChI=1S/C15H22O2/c1-3-8-15(16)17-12-7-9-13(2)14-10-5-4-6-11-14/h4-6,10-11,13H,3,7-9,12H2,1-2H3. The molecular weight excluding hydrogens is 212 g/mol. The first-order chi connectivity index (χ1) is 8.24. The second kappa shape index (κ2) is 7.88. The lowest BCUT2D eigenvalue weighted by atomic mass is 9.97. The number of ether oxygens (including phenoxy) is 1. The van der Waals surface area contributed by atoms with E-state index in [2.05, 4.69) is 31.2 Å². The van der Waals surface area contributed by atoms with Gasteiger partial charge < -0.3 is 4.74 Å². The number of hydrogen-bond donors (Lipinski definition) is 0. The minimum absolute atomic E-state index is 0.0696. The molecule has 0 aromatic heterocycles. The number of benzene rings is 1. The Bertz CT molecular complexity index is 319. The van der Waals surface area contributed by atoms with E-state index in [9.17, 15) is 4.79 Å². The van der Waals surface area contributed by atoms with Crippen molar-refractivity contribution in [2.24, 2.45) is 0 Å². The highest BCUT2D eigenvalue weighted by Crippen LogP contribution is 2.19. The van der Waals surface area contributed by atoms with Gasteiger partial charge >= 0.3 is 5.97 Å². The van der Waals surface area contributed by atoms with Crippen molar-refractivity contribution < 1.29 is 9.53 Å². The van der Waals surface area contributed by atoms with Crippen LogP contribution in [0, 0.1) is 0 Å². The summed E-state index contributed by atoms with van der Waals surface area (Å²) in [6.45, 7) is 4.75. The minimum Gasteiger partial charge on any atom is -0.466 e. The Balaban J connectivity index is 2.17. The molecule has 1 unspecified atom stereocenters. The Labute approximate surface area is 104 Å². The van der Waals surface area contributed by atoms with Crippen LogP contribution in [-0.2, 0) is 9.53 Å². The quantitative estimate of drug-likeness (QED) is 0.528. The fourth-order valence-electron chi connectivity index (χ4n) is 1.80. The molecule has 0 spiro atoms. The average Bonchev–Trinajstić information content (AvgIpc) is 2.36. The van der Waals surface area contributed by atoms with Crippen molar-refractivity contribution in [1.29, 1.82) is 0 Å². The molecule has 1 aromatic rings. The number of carbonyl (C=O) groups excluding carboxylic acids is 1. The maximum absolute atomic E-state index is 11.1. The molecular formula is C15H22O2. The molecule has 1 atom stereocenters. The zero-order valence-corrected chi connectivity index (χ0v) is 10.8. The van der Waals surface area contributed by atoms with Gasteiger partial charge in [-0.25, -0.2) is 0 Å². The molecule has 0 saturated carbocycles. The van der Waals surface area contributed by atoms with Crippen molar-refractivity contribution >= 4 is 5.97 Å². The number of rotatable bonds is 7. The average molecular weight is 234 g/mol. The topological polar surface area (TPSA) is 26.3 Å². The molecule has 0 radical (unpaired) electrons. The zero-order chi connectivity index (χ0) is 12.5. The van der Waals surface area contributed by atoms with Crippen LogP contribution in [0.4, 0.5) is 0 Å². The molecule has 94 valence electrons. The van der Waals surface area contributed by atoms with E-state index in [1.165, 1.54) is 5.56 Å². The van der Waals surface area contributed by atoms with Gasteiger partial charge in [-0.3, -0.25) is 4.79 Å². The number of carbonyl (C=O) groups is 1. The summed E-state index contributed by atoms with van der Waals surface area (Å²) in [4.78, 5) is 11.1. The van der Waals surface area contributed by atoms with E-state index in [0.29, 0.717) is 18.9 Å². The largest absolute Gasteiger partial charge is 0.466 e. The fraction of sp³-hybridized carbons (Fsp3) is 0.533. The molecule has 0 bridgehead atoms. The van der Waals surface area contributed by atoms with Crippen molar-refractivity contribution in [1.82, 2.24) is 0 Å². The van der Waals surface area contributed by atoms with E-state index in [1.54, 1.807) is 0 Å². The van der Waals surface area contributed by atoms with E-state index in [4.69, 9.17) is 4.74 Å². The third-order valence-corrected chi connectivity index (χ3v) is 2.87. The molecule has 0 saturated heterocycles. The maximum Gasteiger partial charge on any atom is 0.305 e. The van der Waals surface area contributed by atoms with Crippen LogP contribution in [0.15, 0.2) is 30.3 Å². The van der Waals surface area contributed by atoms with Gasteiger partial charge in [0, 0.05) is 6.42 Å². The predicted molar refractivity (Wildman–Crippen MR) is 70.0 cm³/mol. The molecule has 0 amide bonds. The summed E-state index contributed by atoms with van der Waals surface area (Å²) in [6, 6.07) is 10.4. The second-order valence-corrected chi connectivity index (χ2v) is 4.42. The first-order valence-corrected chi connectivity index (χ1v) is 6.44. The van der Waals surface area contributed by atoms with Crippen LogP contribution in [0.25, 0.3) is 0 Å². The van der Waals surface area contributed by atoms with Crippen molar-refractivity contribution in [3.8, 4) is 0 Å². The van der Waals surface area contributed by atoms with Gasteiger partial charge in [0.15, 0.2) is 0 Å². The van der Waals surface area contributed by atoms with E-state index >= 15 is 0 Å². The zero-order valence-electron chi connectivity index (χ0n) is 10.8. The molecule has 0 fully saturated rings. The molecule has 17 heavy (non-hydrogen) atoms. The smallest absolute Gasteiger partial charge is 0.305 e. The van der Waals surface area contributed by atoms with E-state index < -0.39 is 0 Å². The van der Waals surface area contributed by atoms with Crippen molar-refractivity contribution in [2.45, 2.75) is 45.4 Å². The summed E-state index contributed by atoms with van der Waals surface area (Å²) in [5, 5.41) is 0. The third kappa shape index (κ3) is 5.53. The molecule has 0 heterocycles. The molecule has 0 aliphatic heterocycles. The molecule has 2 nitrogen and oxygen atoms in total. The molecule has 0 N–H and O–H groups in total. The van der Waals surface area contributed by atoms with Crippen LogP contribution in [0.5, 0.6) is 0 Å². The highest BCUT2D eigenvalue weighted by Gasteiger charge is 2.05. The Hall–Kier alpha value is -1.31. The van der Waals surface area contributed by atoms with Crippen LogP contribution in [0.1, 0.15) is 51.0 Å². The summed E-state index contributed by atoms with van der Waals surface area (Å²) in [6.07, 6.45) is 3.39. The first kappa shape index (κ1) is 13.8. The summed E-state index contributed by atoms with van der Waals surface area (Å²) < 4.78 is 5.13. The first-order valence-electron chi connectivity index (χ1n) is 6.44. The van der Waals surface area contributed by atoms with Crippen LogP contribution >= 0.6 is 0 Å². The van der Waals surface area contributed by atoms with Gasteiger partial charge in [-0.05, 0) is 30.7 Å². The van der Waals surface area contributed by atoms with Crippen LogP contribution in [0.3, 0.4) is 0 Å². The van der Waals surface area contributed by atoms with Gasteiger partial charge in [-0.1, -0.05) is 44.2 Å². The van der Waals surface area contributed by atoms with Gasteiger partial charge in [-0.2, -0.15) is 0 Å².